The standard InChI is InChI=1S/C25H42N2O4.C25H40N2O3/c1-16-12-10-8-6-4-5-7-9-11-13-17(22(29)23(26)30)14-19(28)21-20-18(25(20,2)3)15-27(21)24(16)31;1-17-12-10-8-6-4-5-7-9-11-13-18(21(29)15-26)14-20(28)23-22-19(25(22,2)3)16-27(23)24(17)30/h16-18,20-22,29H,4-15H2,1-3H3,(H2,26,30);17-19,21-23,29H,4-14,16H2,1-3H3/t16-,17+,18-,20-,21+,22?;17-,18+,19-,21?,22-,23+/m00/s1. The predicted molar refractivity (Wildman–Crippen MR) is 236 cm³/mol. The maximum Gasteiger partial charge on any atom is 0.246 e. The molecule has 61 heavy (non-hydrogen) atoms. The average molecular weight is 851 g/mol. The Morgan fingerprint density at radius 1 is 0.607 bits per heavy atom. The van der Waals surface area contributed by atoms with Crippen molar-refractivity contribution in [3.05, 3.63) is 0 Å². The number of ketones is 2. The summed E-state index contributed by atoms with van der Waals surface area (Å²) in [5.41, 5.74) is 5.56. The lowest BCUT2D eigenvalue weighted by Gasteiger charge is -2.33. The van der Waals surface area contributed by atoms with Crippen LogP contribution in [-0.4, -0.2) is 86.7 Å². The number of Topliss-reactive ketones (excluding diaryl/α,β-unsaturated/α-hetero) is 2. The van der Waals surface area contributed by atoms with E-state index in [0.29, 0.717) is 37.8 Å². The third-order valence-corrected chi connectivity index (χ3v) is 16.7. The van der Waals surface area contributed by atoms with Gasteiger partial charge in [-0.05, 0) is 60.2 Å². The van der Waals surface area contributed by atoms with Gasteiger partial charge in [0.1, 0.15) is 12.2 Å². The molecule has 0 spiro atoms. The lowest BCUT2D eigenvalue weighted by atomic mass is 9.86. The second-order valence-corrected chi connectivity index (χ2v) is 21.7. The van der Waals surface area contributed by atoms with E-state index in [1.807, 2.05) is 29.7 Å². The highest BCUT2D eigenvalue weighted by Crippen LogP contribution is 2.66. The van der Waals surface area contributed by atoms with Gasteiger partial charge in [0.05, 0.1) is 18.2 Å². The molecule has 6 rings (SSSR count). The van der Waals surface area contributed by atoms with Crippen LogP contribution >= 0.6 is 0 Å². The molecule has 11 nitrogen and oxygen atoms in total. The summed E-state index contributed by atoms with van der Waals surface area (Å²) in [6.45, 7) is 14.1. The Labute approximate surface area is 367 Å². The number of carbonyl (C=O) groups excluding carboxylic acids is 5. The average Bonchev–Trinajstić information content (AvgIpc) is 3.67. The van der Waals surface area contributed by atoms with E-state index in [4.69, 9.17) is 5.73 Å². The van der Waals surface area contributed by atoms with Gasteiger partial charge in [-0.1, -0.05) is 144 Å². The third-order valence-electron chi connectivity index (χ3n) is 16.7. The number of nitriles is 1. The number of piperidine rings is 2. The van der Waals surface area contributed by atoms with E-state index >= 15 is 0 Å². The van der Waals surface area contributed by atoms with Crippen LogP contribution in [0, 0.1) is 69.5 Å². The minimum Gasteiger partial charge on any atom is -0.383 e. The van der Waals surface area contributed by atoms with E-state index in [0.717, 1.165) is 64.2 Å². The fourth-order valence-corrected chi connectivity index (χ4v) is 12.3. The molecule has 4 heterocycles. The van der Waals surface area contributed by atoms with Crippen molar-refractivity contribution in [1.82, 2.24) is 9.80 Å². The van der Waals surface area contributed by atoms with Crippen molar-refractivity contribution >= 4 is 29.3 Å². The Morgan fingerprint density at radius 3 is 1.30 bits per heavy atom. The number of hydrogen-bond donors (Lipinski definition) is 3. The molecule has 4 N–H and O–H groups in total. The number of carbonyl (C=O) groups is 5. The number of fused-ring (bicyclic) bond motifs is 6. The van der Waals surface area contributed by atoms with E-state index in [9.17, 15) is 39.4 Å². The highest BCUT2D eigenvalue weighted by molar-refractivity contribution is 5.93. The van der Waals surface area contributed by atoms with Gasteiger partial charge in [0.2, 0.25) is 17.7 Å². The first-order valence-corrected chi connectivity index (χ1v) is 24.7. The lowest BCUT2D eigenvalue weighted by molar-refractivity contribution is -0.143. The SMILES string of the molecule is C[C@H]1CCCCCCCCCC[C@@H](C(O)C#N)CC(=O)[C@@H]2[C@@H]3[C@H](CN2C1=O)C3(C)C.C[C@H]1CCCCCCCCCC[C@@H](C(O)C(N)=O)CC(=O)[C@@H]2[C@@H]3[C@H](CN2C1=O)C3(C)C. The van der Waals surface area contributed by atoms with Crippen molar-refractivity contribution in [3.63, 3.8) is 0 Å². The monoisotopic (exact) mass is 851 g/mol. The van der Waals surface area contributed by atoms with Gasteiger partial charge >= 0.3 is 0 Å². The highest BCUT2D eigenvalue weighted by atomic mass is 16.3. The van der Waals surface area contributed by atoms with Gasteiger partial charge in [-0.3, -0.25) is 24.0 Å². The van der Waals surface area contributed by atoms with E-state index in [2.05, 4.69) is 27.7 Å². The van der Waals surface area contributed by atoms with Crippen LogP contribution in [0.1, 0.15) is 183 Å². The number of hydrogen-bond acceptors (Lipinski definition) is 8. The van der Waals surface area contributed by atoms with Crippen LogP contribution in [0.15, 0.2) is 0 Å². The molecule has 4 aliphatic heterocycles. The zero-order chi connectivity index (χ0) is 44.6. The Morgan fingerprint density at radius 2 is 0.934 bits per heavy atom. The molecule has 11 heteroatoms. The number of aliphatic hydroxyl groups excluding tert-OH is 2. The Bertz CT molecular complexity index is 1570. The molecule has 6 fully saturated rings. The van der Waals surface area contributed by atoms with Crippen LogP contribution in [0.4, 0.5) is 0 Å². The molecule has 0 radical (unpaired) electrons. The van der Waals surface area contributed by atoms with Gasteiger partial charge in [0, 0.05) is 49.6 Å². The molecule has 12 atom stereocenters. The van der Waals surface area contributed by atoms with Crippen LogP contribution in [0.2, 0.25) is 0 Å². The molecule has 2 saturated carbocycles. The van der Waals surface area contributed by atoms with Gasteiger partial charge in [0.15, 0.2) is 11.6 Å². The summed E-state index contributed by atoms with van der Waals surface area (Å²) in [5.74, 6) is -0.231. The minimum atomic E-state index is -1.31. The fourth-order valence-electron chi connectivity index (χ4n) is 12.3. The summed E-state index contributed by atoms with van der Waals surface area (Å²) in [7, 11) is 0. The van der Waals surface area contributed by atoms with E-state index < -0.39 is 30.1 Å². The molecule has 0 bridgehead atoms. The fraction of sp³-hybridized carbons (Fsp3) is 0.880. The Hall–Kier alpha value is -2.84. The van der Waals surface area contributed by atoms with E-state index in [1.54, 1.807) is 0 Å². The highest BCUT2D eigenvalue weighted by Gasteiger charge is 2.70. The smallest absolute Gasteiger partial charge is 0.246 e. The zero-order valence-electron chi connectivity index (χ0n) is 38.8. The van der Waals surface area contributed by atoms with Gasteiger partial charge in [0.25, 0.3) is 0 Å². The maximum absolute atomic E-state index is 13.5. The second-order valence-electron chi connectivity index (χ2n) is 21.7. The van der Waals surface area contributed by atoms with Crippen molar-refractivity contribution < 1.29 is 34.2 Å². The van der Waals surface area contributed by atoms with Crippen LogP contribution < -0.4 is 5.73 Å². The van der Waals surface area contributed by atoms with Crippen molar-refractivity contribution in [3.8, 4) is 6.07 Å². The minimum absolute atomic E-state index is 0.00626. The summed E-state index contributed by atoms with van der Waals surface area (Å²) in [4.78, 5) is 68.8. The molecule has 6 aliphatic rings. The van der Waals surface area contributed by atoms with Crippen molar-refractivity contribution in [2.75, 3.05) is 13.1 Å². The lowest BCUT2D eigenvalue weighted by Crippen LogP contribution is -2.48. The molecule has 0 aromatic rings. The molecule has 2 unspecified atom stereocenters. The van der Waals surface area contributed by atoms with Crippen molar-refractivity contribution in [2.45, 2.75) is 207 Å². The molecule has 0 aromatic carbocycles. The van der Waals surface area contributed by atoms with E-state index in [-0.39, 0.29) is 82.7 Å². The quantitative estimate of drug-likeness (QED) is 0.239. The van der Waals surface area contributed by atoms with Crippen LogP contribution in [-0.2, 0) is 24.0 Å². The summed E-state index contributed by atoms with van der Waals surface area (Å²) >= 11 is 0. The molecule has 4 saturated heterocycles. The van der Waals surface area contributed by atoms with Crippen molar-refractivity contribution in [1.29, 1.82) is 5.26 Å². The first-order valence-electron chi connectivity index (χ1n) is 24.7. The van der Waals surface area contributed by atoms with Crippen LogP contribution in [0.3, 0.4) is 0 Å². The number of nitrogens with two attached hydrogens (primary N) is 1. The largest absolute Gasteiger partial charge is 0.383 e. The first-order chi connectivity index (χ1) is 28.9. The first kappa shape index (κ1) is 49.2. The molecule has 344 valence electrons. The molecule has 0 aromatic heterocycles. The summed E-state index contributed by atoms with van der Waals surface area (Å²) in [6.07, 6.45) is 19.0. The summed E-state index contributed by atoms with van der Waals surface area (Å²) < 4.78 is 0. The summed E-state index contributed by atoms with van der Waals surface area (Å²) in [5, 5.41) is 29.9. The molecule has 2 aliphatic carbocycles. The molecular weight excluding hydrogens is 769 g/mol. The third kappa shape index (κ3) is 11.8. The summed E-state index contributed by atoms with van der Waals surface area (Å²) in [6, 6.07) is 1.16. The molecule has 3 amide bonds. The number of aliphatic hydroxyl groups is 2. The Balaban J connectivity index is 0.000000231. The number of amides is 3. The van der Waals surface area contributed by atoms with Crippen LogP contribution in [0.5, 0.6) is 0 Å². The normalized spacial score (nSPS) is 36.6. The van der Waals surface area contributed by atoms with Gasteiger partial charge in [-0.2, -0.15) is 5.26 Å². The van der Waals surface area contributed by atoms with Crippen LogP contribution in [0.25, 0.3) is 0 Å². The number of primary amides is 1. The molecular formula is C50H82N4O7. The van der Waals surface area contributed by atoms with Crippen molar-refractivity contribution in [2.24, 2.45) is 63.9 Å². The predicted octanol–water partition coefficient (Wildman–Crippen LogP) is 7.92. The topological polar surface area (TPSA) is 182 Å². The number of rotatable bonds is 3. The zero-order valence-corrected chi connectivity index (χ0v) is 38.8. The van der Waals surface area contributed by atoms with Gasteiger partial charge in [-0.15, -0.1) is 0 Å². The second kappa shape index (κ2) is 21.7. The number of nitrogens with zero attached hydrogens (tertiary/aromatic N) is 3. The van der Waals surface area contributed by atoms with E-state index in [1.165, 1.54) is 51.4 Å². The maximum atomic E-state index is 13.5. The van der Waals surface area contributed by atoms with Gasteiger partial charge in [-0.25, -0.2) is 0 Å². The Kier molecular flexibility index (Phi) is 17.5. The van der Waals surface area contributed by atoms with Gasteiger partial charge < -0.3 is 25.7 Å².